The molecular weight excluding hydrogens is 1240 g/mol. The zero-order chi connectivity index (χ0) is 65.5. The van der Waals surface area contributed by atoms with Crippen LogP contribution < -0.4 is 41.4 Å². The number of aliphatic hydroxyl groups is 7. The molecule has 4 aliphatic heterocycles. The highest BCUT2D eigenvalue weighted by atomic mass is 32.2. The summed E-state index contributed by atoms with van der Waals surface area (Å²) in [6.45, 7) is 3.59. The molecule has 3 aromatic carbocycles. The molecule has 14 atom stereocenters. The Labute approximate surface area is 525 Å². The molecule has 2 aromatic heterocycles. The number of hydrogen-bond acceptors (Lipinski definition) is 26. The second-order valence-electron chi connectivity index (χ2n) is 22.3. The molecule has 33 nitrogen and oxygen atoms in total. The van der Waals surface area contributed by atoms with E-state index in [0.717, 1.165) is 64.3 Å². The van der Waals surface area contributed by atoms with Gasteiger partial charge in [0.15, 0.2) is 11.5 Å². The molecule has 35 heteroatoms. The van der Waals surface area contributed by atoms with Crippen LogP contribution in [-0.2, 0) is 47.7 Å². The van der Waals surface area contributed by atoms with E-state index < -0.39 is 183 Å². The highest BCUT2D eigenvalue weighted by Crippen LogP contribution is 2.35. The van der Waals surface area contributed by atoms with Crippen molar-refractivity contribution in [2.45, 2.75) is 112 Å². The Hall–Kier alpha value is -8.17. The van der Waals surface area contributed by atoms with Gasteiger partial charge in [-0.05, 0) is 61.0 Å². The third-order valence-corrected chi connectivity index (χ3v) is 17.3. The van der Waals surface area contributed by atoms with Gasteiger partial charge in [-0.25, -0.2) is 14.8 Å². The molecule has 14 unspecified atom stereocenters. The fourth-order valence-electron chi connectivity index (χ4n) is 11.1. The second kappa shape index (κ2) is 29.4. The summed E-state index contributed by atoms with van der Waals surface area (Å²) in [4.78, 5) is 123. The Kier molecular flexibility index (Phi) is 21.7. The molecule has 91 heavy (non-hydrogen) atoms. The largest absolute Gasteiger partial charge is 0.504 e. The summed E-state index contributed by atoms with van der Waals surface area (Å²) in [7, 11) is 0. The average molecular weight is 1310 g/mol. The first kappa shape index (κ1) is 67.2. The van der Waals surface area contributed by atoms with Gasteiger partial charge in [-0.2, -0.15) is 5.10 Å². The summed E-state index contributed by atoms with van der Waals surface area (Å²) in [5.41, 5.74) is 8.09. The number of morpholine rings is 1. The molecule has 0 radical (unpaired) electrons. The van der Waals surface area contributed by atoms with Crippen LogP contribution in [0, 0.1) is 5.92 Å². The molecular formula is C56H68N12O21S2. The molecule has 4 aliphatic rings. The number of ether oxygens (including phenoxy) is 1. The fraction of sp³-hybridized carbons (Fsp3) is 0.464. The first-order valence-corrected chi connectivity index (χ1v) is 30.1. The van der Waals surface area contributed by atoms with E-state index in [0.29, 0.717) is 29.4 Å². The Morgan fingerprint density at radius 1 is 0.824 bits per heavy atom. The minimum Gasteiger partial charge on any atom is -0.504 e. The van der Waals surface area contributed by atoms with Crippen molar-refractivity contribution in [2.75, 3.05) is 50.8 Å². The normalized spacial score (nSPS) is 26.3. The number of amides is 8. The fourth-order valence-corrected chi connectivity index (χ4v) is 12.2. The van der Waals surface area contributed by atoms with Gasteiger partial charge in [0.25, 0.3) is 18.2 Å². The van der Waals surface area contributed by atoms with Crippen molar-refractivity contribution in [3.63, 3.8) is 0 Å². The second-order valence-corrected chi connectivity index (χ2v) is 23.7. The Balaban J connectivity index is 0.998. The van der Waals surface area contributed by atoms with Crippen LogP contribution in [0.2, 0.25) is 0 Å². The lowest BCUT2D eigenvalue weighted by atomic mass is 9.96. The van der Waals surface area contributed by atoms with E-state index in [2.05, 4.69) is 40.9 Å². The molecule has 4 fully saturated rings. The van der Waals surface area contributed by atoms with E-state index in [4.69, 9.17) is 30.0 Å². The third kappa shape index (κ3) is 15.6. The topological polar surface area (TPSA) is 482 Å². The quantitative estimate of drug-likeness (QED) is 0.0196. The van der Waals surface area contributed by atoms with Crippen molar-refractivity contribution in [1.82, 2.24) is 51.0 Å². The number of nitrogens with zero attached hydrogens (tertiary/aromatic N) is 6. The molecule has 0 saturated carbocycles. The van der Waals surface area contributed by atoms with Gasteiger partial charge in [0.05, 0.1) is 62.0 Å². The number of aromatic nitrogens is 3. The summed E-state index contributed by atoms with van der Waals surface area (Å²) in [6.07, 6.45) is -14.4. The maximum Gasteiger partial charge on any atom is 0.261 e. The Bertz CT molecular complexity index is 3430. The number of nitrogens with two attached hydrogens (primary N) is 1. The molecule has 5 aromatic rings. The lowest BCUT2D eigenvalue weighted by Crippen LogP contribution is -2.64. The van der Waals surface area contributed by atoms with Crippen molar-refractivity contribution < 1.29 is 103 Å². The van der Waals surface area contributed by atoms with Crippen LogP contribution in [0.3, 0.4) is 0 Å². The van der Waals surface area contributed by atoms with Gasteiger partial charge in [0.1, 0.15) is 53.5 Å². The third-order valence-electron chi connectivity index (χ3n) is 15.9. The smallest absolute Gasteiger partial charge is 0.261 e. The first-order valence-electron chi connectivity index (χ1n) is 28.6. The average Bonchev–Trinajstić information content (AvgIpc) is 1.76. The number of β-amino-alcohol motifs (C(OH)–C–C–N with tert-alkyl or cyclic N) is 1. The van der Waals surface area contributed by atoms with Crippen molar-refractivity contribution in [1.29, 1.82) is 0 Å². The highest BCUT2D eigenvalue weighted by molar-refractivity contribution is 7.90. The van der Waals surface area contributed by atoms with Gasteiger partial charge < -0.3 is 96.8 Å². The molecule has 16 N–H and O–H groups in total. The van der Waals surface area contributed by atoms with Crippen LogP contribution in [0.25, 0.3) is 26.8 Å². The number of hydrogen-bond donors (Lipinski definition) is 15. The zero-order valence-corrected chi connectivity index (χ0v) is 50.2. The van der Waals surface area contributed by atoms with E-state index in [1.807, 2.05) is 24.3 Å². The Morgan fingerprint density at radius 2 is 1.49 bits per heavy atom. The van der Waals surface area contributed by atoms with Crippen molar-refractivity contribution in [3.8, 4) is 33.3 Å². The molecule has 0 aliphatic carbocycles. The van der Waals surface area contributed by atoms with E-state index in [9.17, 15) is 79.2 Å². The Morgan fingerprint density at radius 3 is 2.16 bits per heavy atom. The lowest BCUT2D eigenvalue weighted by Gasteiger charge is -2.34. The van der Waals surface area contributed by atoms with Crippen LogP contribution in [0.4, 0.5) is 5.69 Å². The number of aliphatic hydroxyl groups excluding tert-OH is 7. The minimum atomic E-state index is -2.53. The summed E-state index contributed by atoms with van der Waals surface area (Å²) >= 11 is 1.34. The number of rotatable bonds is 16. The van der Waals surface area contributed by atoms with Gasteiger partial charge in [-0.15, -0.1) is 0 Å². The lowest BCUT2D eigenvalue weighted by molar-refractivity contribution is -0.433. The number of carbonyl (C=O) groups is 8. The predicted octanol–water partition coefficient (Wildman–Crippen LogP) is -3.65. The summed E-state index contributed by atoms with van der Waals surface area (Å²) < 4.78 is 16.3. The van der Waals surface area contributed by atoms with Crippen LogP contribution in [0.5, 0.6) is 11.5 Å². The molecule has 9 rings (SSSR count). The zero-order valence-electron chi connectivity index (χ0n) is 48.6. The van der Waals surface area contributed by atoms with Crippen molar-refractivity contribution in [3.05, 3.63) is 84.1 Å². The van der Waals surface area contributed by atoms with E-state index in [1.54, 1.807) is 22.8 Å². The number of phenols is 1. The standard InChI is InChI=1S/C56H68N12O21S2/c1-25-22-67-44(45(25)75)52(82)58-21-32(70)18-34(59-48(78)28-5-3-27(4-6-28)35-24-68-56(60-35)90-53(64-68)29-7-10-31(11-8-29)65-13-15-86-16-14-65)49(79)61-41(26(2)69)54(83)66-23-33(71)19-36(66)50(80)63-43(51(81)62-42(55(67)84)38(73)20-40(57)74)47(77)46(76)30-9-12-37(72)39(17-30)87-91-89-88-85/h3-12,17,24-26,32-34,36,38,41-47,69-73,75-77,85H,13-16,18-23H2,1-2H3,(H2,57,74)(H,58,82)(H,59,78)(H,61,79)(H,62,81)(H,63,80). The number of phenolic OH excluding ortho intramolecular Hbond substituents is 1. The van der Waals surface area contributed by atoms with Gasteiger partial charge >= 0.3 is 0 Å². The molecule has 0 spiro atoms. The maximum atomic E-state index is 14.7. The van der Waals surface area contributed by atoms with Crippen LogP contribution in [-0.4, -0.2) is 237 Å². The number of aromatic hydroxyl groups is 1. The van der Waals surface area contributed by atoms with Gasteiger partial charge in [-0.3, -0.25) is 38.4 Å². The number of fused-ring (bicyclic) bond motifs is 3. The van der Waals surface area contributed by atoms with E-state index in [1.165, 1.54) is 30.4 Å². The van der Waals surface area contributed by atoms with Crippen LogP contribution in [0.15, 0.2) is 72.9 Å². The minimum absolute atomic E-state index is 0.00945. The van der Waals surface area contributed by atoms with Gasteiger partial charge in [0.2, 0.25) is 46.3 Å². The van der Waals surface area contributed by atoms with Gasteiger partial charge in [-0.1, -0.05) is 45.8 Å². The molecule has 8 amide bonds. The summed E-state index contributed by atoms with van der Waals surface area (Å²) in [5, 5.41) is 119. The maximum absolute atomic E-state index is 14.7. The highest BCUT2D eigenvalue weighted by Gasteiger charge is 2.50. The number of primary amides is 1. The van der Waals surface area contributed by atoms with Crippen LogP contribution in [0.1, 0.15) is 55.1 Å². The number of anilines is 1. The monoisotopic (exact) mass is 1310 g/mol. The van der Waals surface area contributed by atoms with Crippen molar-refractivity contribution in [2.24, 2.45) is 11.7 Å². The number of benzene rings is 3. The summed E-state index contributed by atoms with van der Waals surface area (Å²) in [5.74, 6) is -11.9. The molecule has 490 valence electrons. The first-order chi connectivity index (χ1) is 43.4. The van der Waals surface area contributed by atoms with E-state index >= 15 is 0 Å². The molecule has 0 bridgehead atoms. The van der Waals surface area contributed by atoms with Crippen LogP contribution >= 0.6 is 23.7 Å². The molecule has 6 heterocycles. The van der Waals surface area contributed by atoms with Gasteiger partial charge in [0, 0.05) is 73.9 Å². The number of nitrogens with one attached hydrogen (secondary N) is 5. The number of carbonyl (C=O) groups excluding carboxylic acids is 8. The van der Waals surface area contributed by atoms with E-state index in [-0.39, 0.29) is 23.5 Å². The summed E-state index contributed by atoms with van der Waals surface area (Å²) in [6, 6.07) is 4.72. The van der Waals surface area contributed by atoms with Crippen molar-refractivity contribution >= 4 is 81.6 Å². The number of imidazole rings is 1. The molecule has 4 saturated heterocycles. The SMILES string of the molecule is CC(O)C1NC(=O)C(NC(=O)c2ccc(-c3cn4nc(-c5ccc(N6CCOCC6)cc5)sc4n3)cc2)CC(O)CNC(=O)C2C(O)C(C)CN2C(=O)C(C(O)CC(N)=O)NC(=O)C(C(O)C(O)c2ccc(O)c(OSOOO)c2)NC(=O)C2CC(O)CN2C1=O. The predicted molar refractivity (Wildman–Crippen MR) is 316 cm³/mol.